The minimum absolute atomic E-state index is 0.777. The van der Waals surface area contributed by atoms with Gasteiger partial charge in [0.1, 0.15) is 0 Å². The Morgan fingerprint density at radius 3 is 2.25 bits per heavy atom. The smallest absolute Gasteiger partial charge is 0.0426 e. The maximum Gasteiger partial charge on any atom is 0.0426 e. The van der Waals surface area contributed by atoms with E-state index in [0.717, 1.165) is 19.1 Å². The van der Waals surface area contributed by atoms with Crippen LogP contribution in [-0.2, 0) is 13.1 Å². The van der Waals surface area contributed by atoms with Gasteiger partial charge in [-0.15, -0.1) is 0 Å². The second-order valence-electron chi connectivity index (χ2n) is 5.66. The highest BCUT2D eigenvalue weighted by atomic mass is 15.1. The minimum atomic E-state index is 0.777. The Kier molecular flexibility index (Phi) is 4.03. The highest BCUT2D eigenvalue weighted by Crippen LogP contribution is 2.19. The van der Waals surface area contributed by atoms with E-state index in [0.29, 0.717) is 0 Å². The van der Waals surface area contributed by atoms with Crippen molar-refractivity contribution >= 4 is 5.69 Å². The van der Waals surface area contributed by atoms with Crippen molar-refractivity contribution < 1.29 is 0 Å². The highest BCUT2D eigenvalue weighted by Gasteiger charge is 2.19. The van der Waals surface area contributed by atoms with Crippen molar-refractivity contribution in [3.05, 3.63) is 65.7 Å². The first-order valence-corrected chi connectivity index (χ1v) is 7.38. The number of hydrogen-bond donors (Lipinski definition) is 1. The van der Waals surface area contributed by atoms with Crippen molar-refractivity contribution in [1.82, 2.24) is 5.32 Å². The van der Waals surface area contributed by atoms with Crippen LogP contribution in [0.1, 0.15) is 24.0 Å². The zero-order valence-electron chi connectivity index (χ0n) is 12.0. The monoisotopic (exact) mass is 266 g/mol. The quantitative estimate of drug-likeness (QED) is 0.860. The zero-order valence-corrected chi connectivity index (χ0v) is 12.0. The third kappa shape index (κ3) is 3.61. The van der Waals surface area contributed by atoms with E-state index in [9.17, 15) is 0 Å². The highest BCUT2D eigenvalue weighted by molar-refractivity contribution is 5.45. The lowest BCUT2D eigenvalue weighted by Gasteiger charge is -2.19. The van der Waals surface area contributed by atoms with Gasteiger partial charge in [-0.25, -0.2) is 0 Å². The fraction of sp³-hybridized carbons (Fsp3) is 0.333. The molecule has 1 aliphatic carbocycles. The van der Waals surface area contributed by atoms with Gasteiger partial charge >= 0.3 is 0 Å². The predicted octanol–water partition coefficient (Wildman–Crippen LogP) is 3.58. The van der Waals surface area contributed by atoms with E-state index >= 15 is 0 Å². The SMILES string of the molecule is CN(Cc1ccc(CNC2CC2)cc1)c1ccccc1. The lowest BCUT2D eigenvalue weighted by Crippen LogP contribution is -2.17. The van der Waals surface area contributed by atoms with Crippen LogP contribution in [0.15, 0.2) is 54.6 Å². The summed E-state index contributed by atoms with van der Waals surface area (Å²) in [5.41, 5.74) is 3.99. The van der Waals surface area contributed by atoms with Crippen LogP contribution in [0.2, 0.25) is 0 Å². The first-order chi connectivity index (χ1) is 9.81. The molecular weight excluding hydrogens is 244 g/mol. The van der Waals surface area contributed by atoms with E-state index in [1.54, 1.807) is 0 Å². The van der Waals surface area contributed by atoms with Crippen LogP contribution in [0.25, 0.3) is 0 Å². The second-order valence-corrected chi connectivity index (χ2v) is 5.66. The van der Waals surface area contributed by atoms with Gasteiger partial charge < -0.3 is 10.2 Å². The van der Waals surface area contributed by atoms with Crippen LogP contribution in [0.5, 0.6) is 0 Å². The molecule has 1 saturated carbocycles. The summed E-state index contributed by atoms with van der Waals surface area (Å²) in [6.07, 6.45) is 2.69. The molecule has 2 aromatic carbocycles. The van der Waals surface area contributed by atoms with Gasteiger partial charge in [0.25, 0.3) is 0 Å². The third-order valence-electron chi connectivity index (χ3n) is 3.81. The summed E-state index contributed by atoms with van der Waals surface area (Å²) in [4.78, 5) is 2.28. The first-order valence-electron chi connectivity index (χ1n) is 7.38. The molecule has 1 fully saturated rings. The number of rotatable bonds is 6. The standard InChI is InChI=1S/C18H22N2/c1-20(18-5-3-2-4-6-18)14-16-9-7-15(8-10-16)13-19-17-11-12-17/h2-10,17,19H,11-14H2,1H3. The van der Waals surface area contributed by atoms with Gasteiger partial charge in [-0.05, 0) is 36.1 Å². The van der Waals surface area contributed by atoms with Crippen LogP contribution < -0.4 is 10.2 Å². The van der Waals surface area contributed by atoms with Crippen molar-refractivity contribution in [3.8, 4) is 0 Å². The molecule has 104 valence electrons. The van der Waals surface area contributed by atoms with Gasteiger partial charge in [-0.3, -0.25) is 0 Å². The summed E-state index contributed by atoms with van der Waals surface area (Å²) in [6.45, 7) is 1.94. The number of benzene rings is 2. The lowest BCUT2D eigenvalue weighted by atomic mass is 10.1. The maximum absolute atomic E-state index is 3.55. The molecule has 0 heterocycles. The van der Waals surface area contributed by atoms with E-state index < -0.39 is 0 Å². The summed E-state index contributed by atoms with van der Waals surface area (Å²) in [5, 5.41) is 3.55. The lowest BCUT2D eigenvalue weighted by molar-refractivity contribution is 0.687. The molecule has 3 rings (SSSR count). The second kappa shape index (κ2) is 6.10. The molecule has 0 aromatic heterocycles. The molecule has 20 heavy (non-hydrogen) atoms. The maximum atomic E-state index is 3.55. The molecule has 0 bridgehead atoms. The van der Waals surface area contributed by atoms with E-state index in [1.165, 1.54) is 29.7 Å². The van der Waals surface area contributed by atoms with Crippen molar-refractivity contribution in [2.75, 3.05) is 11.9 Å². The summed E-state index contributed by atoms with van der Waals surface area (Å²) in [7, 11) is 2.14. The zero-order chi connectivity index (χ0) is 13.8. The fourth-order valence-corrected chi connectivity index (χ4v) is 2.36. The normalized spacial score (nSPS) is 14.2. The molecule has 1 N–H and O–H groups in total. The van der Waals surface area contributed by atoms with E-state index in [2.05, 4.69) is 71.9 Å². The van der Waals surface area contributed by atoms with Crippen LogP contribution >= 0.6 is 0 Å². The fourth-order valence-electron chi connectivity index (χ4n) is 2.36. The topological polar surface area (TPSA) is 15.3 Å². The predicted molar refractivity (Wildman–Crippen MR) is 84.9 cm³/mol. The molecular formula is C18H22N2. The summed E-state index contributed by atoms with van der Waals surface area (Å²) < 4.78 is 0. The summed E-state index contributed by atoms with van der Waals surface area (Å²) in [6, 6.07) is 20.2. The van der Waals surface area contributed by atoms with Crippen molar-refractivity contribution in [2.24, 2.45) is 0 Å². The van der Waals surface area contributed by atoms with Gasteiger partial charge in [0.2, 0.25) is 0 Å². The van der Waals surface area contributed by atoms with E-state index in [-0.39, 0.29) is 0 Å². The molecule has 0 atom stereocenters. The average molecular weight is 266 g/mol. The van der Waals surface area contributed by atoms with Crippen molar-refractivity contribution in [3.63, 3.8) is 0 Å². The van der Waals surface area contributed by atoms with Crippen LogP contribution in [-0.4, -0.2) is 13.1 Å². The van der Waals surface area contributed by atoms with Crippen LogP contribution in [0.3, 0.4) is 0 Å². The molecule has 0 unspecified atom stereocenters. The van der Waals surface area contributed by atoms with E-state index in [4.69, 9.17) is 0 Å². The molecule has 2 heteroatoms. The Morgan fingerprint density at radius 2 is 1.60 bits per heavy atom. The molecule has 0 radical (unpaired) electrons. The van der Waals surface area contributed by atoms with E-state index in [1.807, 2.05) is 0 Å². The minimum Gasteiger partial charge on any atom is -0.370 e. The number of anilines is 1. The number of para-hydroxylation sites is 1. The molecule has 0 saturated heterocycles. The van der Waals surface area contributed by atoms with Crippen molar-refractivity contribution in [2.45, 2.75) is 32.0 Å². The summed E-state index contributed by atoms with van der Waals surface area (Å²) >= 11 is 0. The molecule has 0 amide bonds. The van der Waals surface area contributed by atoms with Crippen molar-refractivity contribution in [1.29, 1.82) is 0 Å². The Morgan fingerprint density at radius 1 is 0.950 bits per heavy atom. The molecule has 0 aliphatic heterocycles. The van der Waals surface area contributed by atoms with Gasteiger partial charge in [0.15, 0.2) is 0 Å². The van der Waals surface area contributed by atoms with Crippen LogP contribution in [0.4, 0.5) is 5.69 Å². The molecule has 2 aromatic rings. The Labute approximate surface area is 121 Å². The van der Waals surface area contributed by atoms with Gasteiger partial charge in [-0.1, -0.05) is 42.5 Å². The Balaban J connectivity index is 1.56. The first kappa shape index (κ1) is 13.2. The molecule has 1 aliphatic rings. The number of hydrogen-bond acceptors (Lipinski definition) is 2. The molecule has 0 spiro atoms. The van der Waals surface area contributed by atoms with Gasteiger partial charge in [-0.2, -0.15) is 0 Å². The largest absolute Gasteiger partial charge is 0.370 e. The Hall–Kier alpha value is -1.80. The van der Waals surface area contributed by atoms with Gasteiger partial charge in [0.05, 0.1) is 0 Å². The Bertz CT molecular complexity index is 529. The third-order valence-corrected chi connectivity index (χ3v) is 3.81. The molecule has 2 nitrogen and oxygen atoms in total. The van der Waals surface area contributed by atoms with Crippen LogP contribution in [0, 0.1) is 0 Å². The summed E-state index contributed by atoms with van der Waals surface area (Å²) in [5.74, 6) is 0. The van der Waals surface area contributed by atoms with Gasteiger partial charge in [0, 0.05) is 31.9 Å². The average Bonchev–Trinajstić information content (AvgIpc) is 3.32. The number of nitrogens with one attached hydrogen (secondary N) is 1. The number of nitrogens with zero attached hydrogens (tertiary/aromatic N) is 1.